The zero-order chi connectivity index (χ0) is 18.3. The molecule has 1 aromatic carbocycles. The van der Waals surface area contributed by atoms with Crippen molar-refractivity contribution in [2.24, 2.45) is 0 Å². The van der Waals surface area contributed by atoms with Crippen molar-refractivity contribution in [1.82, 2.24) is 14.8 Å². The first kappa shape index (κ1) is 17.1. The largest absolute Gasteiger partial charge is 0.310 e. The summed E-state index contributed by atoms with van der Waals surface area (Å²) in [6.07, 6.45) is 1.66. The number of aryl methyl sites for hydroxylation is 1. The number of nitrogens with zero attached hydrogens (tertiary/aromatic N) is 3. The van der Waals surface area contributed by atoms with Gasteiger partial charge in [0.25, 0.3) is 0 Å². The van der Waals surface area contributed by atoms with Crippen molar-refractivity contribution < 1.29 is 9.18 Å². The smallest absolute Gasteiger partial charge is 0.235 e. The van der Waals surface area contributed by atoms with Gasteiger partial charge in [-0.2, -0.15) is 9.78 Å². The van der Waals surface area contributed by atoms with Crippen molar-refractivity contribution in [3.05, 3.63) is 70.3 Å². The Morgan fingerprint density at radius 3 is 2.92 bits per heavy atom. The number of hydrogen-bond acceptors (Lipinski definition) is 4. The van der Waals surface area contributed by atoms with Crippen LogP contribution in [0.2, 0.25) is 5.02 Å². The molecule has 1 N–H and O–H groups in total. The minimum absolute atomic E-state index is 0.162. The standard InChI is InChI=1S/C18H14ClFN4OS/c1-10-16-17(12-6-5-11(19)8-13(12)20)26-9-15(25)22-18(16)24(23-10)14-4-2-3-7-21-14/h2-8,17H,9H2,1H3,(H,22,25). The van der Waals surface area contributed by atoms with Crippen LogP contribution in [-0.4, -0.2) is 26.4 Å². The fourth-order valence-corrected chi connectivity index (χ4v) is 4.36. The Morgan fingerprint density at radius 1 is 1.35 bits per heavy atom. The molecule has 1 unspecified atom stereocenters. The maximum absolute atomic E-state index is 14.6. The zero-order valence-electron chi connectivity index (χ0n) is 13.7. The van der Waals surface area contributed by atoms with Gasteiger partial charge in [-0.25, -0.2) is 9.37 Å². The molecule has 0 spiro atoms. The summed E-state index contributed by atoms with van der Waals surface area (Å²) in [7, 11) is 0. The number of benzene rings is 1. The van der Waals surface area contributed by atoms with Crippen molar-refractivity contribution in [1.29, 1.82) is 0 Å². The van der Waals surface area contributed by atoms with E-state index in [9.17, 15) is 9.18 Å². The number of fused-ring (bicyclic) bond motifs is 1. The molecule has 1 amide bonds. The number of halogens is 2. The van der Waals surface area contributed by atoms with Gasteiger partial charge in [-0.1, -0.05) is 23.7 Å². The maximum atomic E-state index is 14.6. The molecule has 3 aromatic rings. The normalized spacial score (nSPS) is 16.7. The molecule has 0 radical (unpaired) electrons. The second-order valence-electron chi connectivity index (χ2n) is 5.85. The van der Waals surface area contributed by atoms with Crippen LogP contribution in [0.1, 0.15) is 22.1 Å². The second kappa shape index (κ2) is 6.74. The number of anilines is 1. The quantitative estimate of drug-likeness (QED) is 0.716. The molecule has 4 rings (SSSR count). The molecule has 2 aromatic heterocycles. The van der Waals surface area contributed by atoms with Gasteiger partial charge in [0.2, 0.25) is 5.91 Å². The minimum atomic E-state index is -0.403. The van der Waals surface area contributed by atoms with Crippen molar-refractivity contribution in [3.63, 3.8) is 0 Å². The number of carbonyl (C=O) groups excluding carboxylic acids is 1. The van der Waals surface area contributed by atoms with E-state index in [0.717, 1.165) is 5.56 Å². The van der Waals surface area contributed by atoms with Crippen LogP contribution in [0.15, 0.2) is 42.6 Å². The molecule has 0 saturated heterocycles. The highest BCUT2D eigenvalue weighted by Crippen LogP contribution is 2.44. The molecule has 0 fully saturated rings. The molecule has 132 valence electrons. The third-order valence-electron chi connectivity index (χ3n) is 4.12. The Morgan fingerprint density at radius 2 is 2.19 bits per heavy atom. The Hall–Kier alpha value is -2.38. The van der Waals surface area contributed by atoms with E-state index >= 15 is 0 Å². The highest BCUT2D eigenvalue weighted by atomic mass is 35.5. The lowest BCUT2D eigenvalue weighted by Crippen LogP contribution is -2.16. The lowest BCUT2D eigenvalue weighted by atomic mass is 10.0. The highest BCUT2D eigenvalue weighted by molar-refractivity contribution is 8.00. The number of thioether (sulfide) groups is 1. The lowest BCUT2D eigenvalue weighted by molar-refractivity contribution is -0.113. The molecule has 0 aliphatic carbocycles. The molecule has 3 heterocycles. The number of hydrogen-bond donors (Lipinski definition) is 1. The number of nitrogens with one attached hydrogen (secondary N) is 1. The first-order chi connectivity index (χ1) is 12.5. The molecular weight excluding hydrogens is 375 g/mol. The zero-order valence-corrected chi connectivity index (χ0v) is 15.3. The number of aromatic nitrogens is 3. The summed E-state index contributed by atoms with van der Waals surface area (Å²) in [5, 5.41) is 7.39. The van der Waals surface area contributed by atoms with Crippen LogP contribution in [0.5, 0.6) is 0 Å². The van der Waals surface area contributed by atoms with E-state index in [2.05, 4.69) is 15.4 Å². The van der Waals surface area contributed by atoms with E-state index in [4.69, 9.17) is 11.6 Å². The Labute approximate surface area is 158 Å². The number of amides is 1. The summed E-state index contributed by atoms with van der Waals surface area (Å²) in [4.78, 5) is 16.6. The van der Waals surface area contributed by atoms with Crippen LogP contribution in [0.4, 0.5) is 10.2 Å². The van der Waals surface area contributed by atoms with Crippen LogP contribution in [0, 0.1) is 12.7 Å². The van der Waals surface area contributed by atoms with Crippen LogP contribution >= 0.6 is 23.4 Å². The Bertz CT molecular complexity index is 992. The van der Waals surface area contributed by atoms with Crippen LogP contribution in [-0.2, 0) is 4.79 Å². The third-order valence-corrected chi connectivity index (χ3v) is 5.61. The minimum Gasteiger partial charge on any atom is -0.310 e. The third kappa shape index (κ3) is 2.97. The van der Waals surface area contributed by atoms with Gasteiger partial charge in [0.15, 0.2) is 5.82 Å². The number of pyridine rings is 1. The summed E-state index contributed by atoms with van der Waals surface area (Å²) in [5.41, 5.74) is 1.95. The molecule has 26 heavy (non-hydrogen) atoms. The van der Waals surface area contributed by atoms with Crippen molar-refractivity contribution in [3.8, 4) is 5.82 Å². The lowest BCUT2D eigenvalue weighted by Gasteiger charge is -2.16. The molecule has 0 saturated carbocycles. The topological polar surface area (TPSA) is 59.8 Å². The van der Waals surface area contributed by atoms with Gasteiger partial charge in [-0.3, -0.25) is 4.79 Å². The molecule has 0 bridgehead atoms. The fraction of sp³-hybridized carbons (Fsp3) is 0.167. The Balaban J connectivity index is 1.91. The van der Waals surface area contributed by atoms with E-state index < -0.39 is 5.82 Å². The predicted molar refractivity (Wildman–Crippen MR) is 100 cm³/mol. The molecule has 8 heteroatoms. The van der Waals surface area contributed by atoms with Gasteiger partial charge in [0, 0.05) is 22.3 Å². The Kier molecular flexibility index (Phi) is 4.42. The molecule has 5 nitrogen and oxygen atoms in total. The van der Waals surface area contributed by atoms with Gasteiger partial charge < -0.3 is 5.32 Å². The van der Waals surface area contributed by atoms with Crippen LogP contribution < -0.4 is 5.32 Å². The summed E-state index contributed by atoms with van der Waals surface area (Å²) in [6.45, 7) is 1.84. The van der Waals surface area contributed by atoms with Crippen molar-refractivity contribution in [2.45, 2.75) is 12.2 Å². The van der Waals surface area contributed by atoms with Crippen LogP contribution in [0.3, 0.4) is 0 Å². The van der Waals surface area contributed by atoms with Crippen LogP contribution in [0.25, 0.3) is 5.82 Å². The van der Waals surface area contributed by atoms with Gasteiger partial charge in [0.05, 0.1) is 16.7 Å². The van der Waals surface area contributed by atoms with E-state index in [1.165, 1.54) is 17.8 Å². The molecule has 1 aliphatic heterocycles. The summed E-state index contributed by atoms with van der Waals surface area (Å²) in [5.74, 6) is 0.753. The van der Waals surface area contributed by atoms with Crippen molar-refractivity contribution >= 4 is 35.1 Å². The van der Waals surface area contributed by atoms with E-state index in [1.54, 1.807) is 35.1 Å². The number of carbonyl (C=O) groups is 1. The van der Waals surface area contributed by atoms with Gasteiger partial charge >= 0.3 is 0 Å². The highest BCUT2D eigenvalue weighted by Gasteiger charge is 2.32. The first-order valence-corrected chi connectivity index (χ1v) is 9.34. The number of rotatable bonds is 2. The average molecular weight is 389 g/mol. The average Bonchev–Trinajstić information content (AvgIpc) is 2.83. The van der Waals surface area contributed by atoms with E-state index in [0.29, 0.717) is 27.9 Å². The predicted octanol–water partition coefficient (Wildman–Crippen LogP) is 4.14. The summed E-state index contributed by atoms with van der Waals surface area (Å²) < 4.78 is 16.2. The van der Waals surface area contributed by atoms with Gasteiger partial charge in [-0.15, -0.1) is 11.8 Å². The van der Waals surface area contributed by atoms with Gasteiger partial charge in [-0.05, 0) is 31.2 Å². The first-order valence-electron chi connectivity index (χ1n) is 7.92. The molecular formula is C18H14ClFN4OS. The van der Waals surface area contributed by atoms with Crippen molar-refractivity contribution in [2.75, 3.05) is 11.1 Å². The molecule has 1 atom stereocenters. The van der Waals surface area contributed by atoms with E-state index in [1.807, 2.05) is 13.0 Å². The fourth-order valence-electron chi connectivity index (χ4n) is 2.99. The second-order valence-corrected chi connectivity index (χ2v) is 7.38. The molecule has 1 aliphatic rings. The summed E-state index contributed by atoms with van der Waals surface area (Å²) in [6, 6.07) is 10.0. The monoisotopic (exact) mass is 388 g/mol. The van der Waals surface area contributed by atoms with E-state index in [-0.39, 0.29) is 16.9 Å². The summed E-state index contributed by atoms with van der Waals surface area (Å²) >= 11 is 7.25. The maximum Gasteiger partial charge on any atom is 0.235 e. The van der Waals surface area contributed by atoms with Gasteiger partial charge in [0.1, 0.15) is 11.6 Å². The SMILES string of the molecule is Cc1nn(-c2ccccn2)c2c1C(c1ccc(Cl)cc1F)SCC(=O)N2.